The third kappa shape index (κ3) is 4.38. The average Bonchev–Trinajstić information content (AvgIpc) is 2.93. The Balaban J connectivity index is 2.29. The molecule has 3 heteroatoms. The Morgan fingerprint density at radius 2 is 1.43 bits per heavy atom. The van der Waals surface area contributed by atoms with Gasteiger partial charge in [-0.05, 0) is 44.9 Å². The summed E-state index contributed by atoms with van der Waals surface area (Å²) in [5.41, 5.74) is 2.52. The molecule has 0 aromatic rings. The van der Waals surface area contributed by atoms with Crippen LogP contribution in [0, 0.1) is 0 Å². The lowest BCUT2D eigenvalue weighted by Gasteiger charge is -2.33. The van der Waals surface area contributed by atoms with Crippen molar-refractivity contribution in [2.45, 2.75) is 90.8 Å². The lowest BCUT2D eigenvalue weighted by Crippen LogP contribution is -2.25. The van der Waals surface area contributed by atoms with E-state index in [1.54, 1.807) is 0 Å². The van der Waals surface area contributed by atoms with E-state index in [4.69, 9.17) is 4.74 Å². The van der Waals surface area contributed by atoms with Crippen molar-refractivity contribution in [2.24, 2.45) is 0 Å². The van der Waals surface area contributed by atoms with Crippen LogP contribution in [0.4, 0.5) is 0 Å². The molecule has 0 fully saturated rings. The molecule has 1 unspecified atom stereocenters. The van der Waals surface area contributed by atoms with E-state index >= 15 is 0 Å². The first-order valence-corrected chi connectivity index (χ1v) is 12.4. The van der Waals surface area contributed by atoms with Crippen LogP contribution in [0.5, 0.6) is 0 Å². The molecule has 23 heavy (non-hydrogen) atoms. The second kappa shape index (κ2) is 9.21. The van der Waals surface area contributed by atoms with E-state index in [1.165, 1.54) is 75.4 Å². The van der Waals surface area contributed by atoms with Crippen LogP contribution in [-0.2, 0) is 9.53 Å². The predicted molar refractivity (Wildman–Crippen MR) is 102 cm³/mol. The second-order valence-electron chi connectivity index (χ2n) is 7.42. The molecule has 0 saturated heterocycles. The quantitative estimate of drug-likeness (QED) is 0.352. The van der Waals surface area contributed by atoms with Gasteiger partial charge in [-0.25, -0.2) is 4.79 Å². The highest BCUT2D eigenvalue weighted by Gasteiger charge is 2.53. The SMILES string of the molecule is CCCC[P+](CCCC)(CCCC)C1OC(=O)C2=C1CCCC2. The fourth-order valence-corrected chi connectivity index (χ4v) is 9.70. The minimum Gasteiger partial charge on any atom is -0.420 e. The van der Waals surface area contributed by atoms with Gasteiger partial charge in [0.15, 0.2) is 0 Å². The van der Waals surface area contributed by atoms with Crippen LogP contribution in [-0.4, -0.2) is 30.3 Å². The highest BCUT2D eigenvalue weighted by Crippen LogP contribution is 2.69. The fraction of sp³-hybridized carbons (Fsp3) is 0.850. The Labute approximate surface area is 143 Å². The third-order valence-corrected chi connectivity index (χ3v) is 10.7. The van der Waals surface area contributed by atoms with Crippen molar-refractivity contribution in [1.82, 2.24) is 0 Å². The zero-order chi connectivity index (χ0) is 16.7. The Hall–Kier alpha value is -0.360. The van der Waals surface area contributed by atoms with Gasteiger partial charge < -0.3 is 4.74 Å². The summed E-state index contributed by atoms with van der Waals surface area (Å²) < 4.78 is 6.10. The predicted octanol–water partition coefficient (Wildman–Crippen LogP) is 6.16. The monoisotopic (exact) mass is 339 g/mol. The lowest BCUT2D eigenvalue weighted by molar-refractivity contribution is -0.137. The van der Waals surface area contributed by atoms with Crippen molar-refractivity contribution in [1.29, 1.82) is 0 Å². The summed E-state index contributed by atoms with van der Waals surface area (Å²) in [6.45, 7) is 6.88. The second-order valence-corrected chi connectivity index (χ2v) is 11.7. The highest BCUT2D eigenvalue weighted by molar-refractivity contribution is 7.76. The van der Waals surface area contributed by atoms with Gasteiger partial charge in [-0.2, -0.15) is 0 Å². The Bertz CT molecular complexity index is 406. The first kappa shape index (κ1) is 19.0. The van der Waals surface area contributed by atoms with Crippen molar-refractivity contribution >= 4 is 13.2 Å². The molecule has 132 valence electrons. The molecule has 2 aliphatic rings. The van der Waals surface area contributed by atoms with Crippen LogP contribution in [0.2, 0.25) is 0 Å². The van der Waals surface area contributed by atoms with Gasteiger partial charge in [0.05, 0.1) is 25.7 Å². The molecule has 0 saturated carbocycles. The molecular formula is C20H36O2P+. The third-order valence-electron chi connectivity index (χ3n) is 5.64. The first-order chi connectivity index (χ1) is 11.2. The number of carbonyl (C=O) groups is 1. The molecular weight excluding hydrogens is 303 g/mol. The number of carbonyl (C=O) groups excluding carboxylic acids is 1. The smallest absolute Gasteiger partial charge is 0.337 e. The van der Waals surface area contributed by atoms with E-state index in [-0.39, 0.29) is 11.8 Å². The van der Waals surface area contributed by atoms with Crippen molar-refractivity contribution in [3.63, 3.8) is 0 Å². The van der Waals surface area contributed by atoms with E-state index < -0.39 is 7.26 Å². The normalized spacial score (nSPS) is 21.5. The topological polar surface area (TPSA) is 26.3 Å². The van der Waals surface area contributed by atoms with Crippen LogP contribution in [0.1, 0.15) is 85.0 Å². The van der Waals surface area contributed by atoms with Gasteiger partial charge in [0, 0.05) is 11.1 Å². The van der Waals surface area contributed by atoms with Gasteiger partial charge in [0.25, 0.3) is 0 Å². The number of rotatable bonds is 10. The summed E-state index contributed by atoms with van der Waals surface area (Å²) in [6.07, 6.45) is 16.2. The molecule has 0 aromatic carbocycles. The van der Waals surface area contributed by atoms with Crippen molar-refractivity contribution < 1.29 is 9.53 Å². The molecule has 0 N–H and O–H groups in total. The maximum absolute atomic E-state index is 12.4. The molecule has 2 nitrogen and oxygen atoms in total. The summed E-state index contributed by atoms with van der Waals surface area (Å²) in [4.78, 5) is 12.4. The van der Waals surface area contributed by atoms with Gasteiger partial charge in [-0.1, -0.05) is 40.0 Å². The van der Waals surface area contributed by atoms with E-state index in [2.05, 4.69) is 20.8 Å². The average molecular weight is 339 g/mol. The van der Waals surface area contributed by atoms with Gasteiger partial charge in [0.1, 0.15) is 0 Å². The van der Waals surface area contributed by atoms with Crippen LogP contribution in [0.3, 0.4) is 0 Å². The zero-order valence-electron chi connectivity index (χ0n) is 15.5. The molecule has 1 atom stereocenters. The van der Waals surface area contributed by atoms with Crippen LogP contribution < -0.4 is 0 Å². The van der Waals surface area contributed by atoms with Crippen molar-refractivity contribution in [3.05, 3.63) is 11.1 Å². The maximum Gasteiger partial charge on any atom is 0.337 e. The number of cyclic esters (lactones) is 1. The molecule has 0 radical (unpaired) electrons. The largest absolute Gasteiger partial charge is 0.420 e. The number of ether oxygens (including phenoxy) is 1. The summed E-state index contributed by atoms with van der Waals surface area (Å²) in [7, 11) is -1.22. The summed E-state index contributed by atoms with van der Waals surface area (Å²) >= 11 is 0. The van der Waals surface area contributed by atoms with Crippen molar-refractivity contribution in [3.8, 4) is 0 Å². The maximum atomic E-state index is 12.4. The molecule has 1 aliphatic heterocycles. The summed E-state index contributed by atoms with van der Waals surface area (Å²) in [5, 5.41) is 0. The zero-order valence-corrected chi connectivity index (χ0v) is 16.4. The molecule has 2 rings (SSSR count). The van der Waals surface area contributed by atoms with Crippen molar-refractivity contribution in [2.75, 3.05) is 18.5 Å². The van der Waals surface area contributed by atoms with E-state index in [0.717, 1.165) is 18.4 Å². The van der Waals surface area contributed by atoms with Crippen LogP contribution in [0.15, 0.2) is 11.1 Å². The molecule has 1 heterocycles. The Morgan fingerprint density at radius 3 is 1.96 bits per heavy atom. The number of hydrogen-bond donors (Lipinski definition) is 0. The molecule has 0 bridgehead atoms. The minimum atomic E-state index is -1.22. The lowest BCUT2D eigenvalue weighted by atomic mass is 9.94. The van der Waals surface area contributed by atoms with Crippen LogP contribution >= 0.6 is 7.26 Å². The van der Waals surface area contributed by atoms with Gasteiger partial charge >= 0.3 is 5.97 Å². The summed E-state index contributed by atoms with van der Waals surface area (Å²) in [6, 6.07) is 0. The van der Waals surface area contributed by atoms with E-state index in [0.29, 0.717) is 0 Å². The van der Waals surface area contributed by atoms with Gasteiger partial charge in [-0.15, -0.1) is 0 Å². The number of hydrogen-bond acceptors (Lipinski definition) is 2. The Morgan fingerprint density at radius 1 is 0.913 bits per heavy atom. The first-order valence-electron chi connectivity index (χ1n) is 9.97. The standard InChI is InChI=1S/C20H36O2P/c1-4-7-14-23(15-8-5-2,16-9-6-3)20-18-13-11-10-12-17(18)19(21)22-20/h20H,4-16H2,1-3H3/q+1. The Kier molecular flexibility index (Phi) is 7.60. The van der Waals surface area contributed by atoms with E-state index in [1.807, 2.05) is 0 Å². The molecule has 0 amide bonds. The molecule has 1 aliphatic carbocycles. The number of unbranched alkanes of at least 4 members (excludes halogenated alkanes) is 3. The van der Waals surface area contributed by atoms with Gasteiger partial charge in [0.2, 0.25) is 5.85 Å². The molecule has 0 spiro atoms. The van der Waals surface area contributed by atoms with Crippen LogP contribution in [0.25, 0.3) is 0 Å². The van der Waals surface area contributed by atoms with E-state index in [9.17, 15) is 4.79 Å². The number of esters is 1. The summed E-state index contributed by atoms with van der Waals surface area (Å²) in [5.74, 6) is 0.244. The highest BCUT2D eigenvalue weighted by atomic mass is 31.2. The minimum absolute atomic E-state index is 0.0403. The fourth-order valence-electron chi connectivity index (χ4n) is 4.23. The van der Waals surface area contributed by atoms with Gasteiger partial charge in [-0.3, -0.25) is 0 Å². The molecule has 0 aromatic heterocycles.